The predicted octanol–water partition coefficient (Wildman–Crippen LogP) is 6.78. The maximum absolute atomic E-state index is 12.2. The van der Waals surface area contributed by atoms with Crippen LogP contribution in [0.1, 0.15) is 118 Å². The van der Waals surface area contributed by atoms with E-state index >= 15 is 0 Å². The molecule has 0 aromatic heterocycles. The lowest BCUT2D eigenvalue weighted by atomic mass is 10.1. The second kappa shape index (κ2) is 14.6. The Kier molecular flexibility index (Phi) is 11.7. The molecular weight excluding hydrogens is 390 g/mol. The number of hydrogen-bond donors (Lipinski definition) is 0. The third-order valence-electron chi connectivity index (χ3n) is 5.59. The number of carbonyl (C=O) groups excluding carboxylic acids is 3. The lowest BCUT2D eigenvalue weighted by Crippen LogP contribution is -2.32. The minimum atomic E-state index is -0.576. The number of benzene rings is 1. The van der Waals surface area contributed by atoms with Crippen molar-refractivity contribution < 1.29 is 19.2 Å². The van der Waals surface area contributed by atoms with Crippen LogP contribution in [0.4, 0.5) is 0 Å². The molecule has 0 unspecified atom stereocenters. The molecule has 5 nitrogen and oxygen atoms in total. The van der Waals surface area contributed by atoms with E-state index in [1.807, 2.05) is 0 Å². The van der Waals surface area contributed by atoms with Gasteiger partial charge in [-0.1, -0.05) is 87.6 Å². The second-order valence-corrected chi connectivity index (χ2v) is 8.25. The Hall–Kier alpha value is -2.43. The number of hydroxylamine groups is 2. The van der Waals surface area contributed by atoms with Crippen LogP contribution in [0.25, 0.3) is 0 Å². The number of carbonyl (C=O) groups is 3. The number of rotatable bonds is 16. The maximum atomic E-state index is 12.2. The Morgan fingerprint density at radius 3 is 1.81 bits per heavy atom. The smallest absolute Gasteiger partial charge is 0.330 e. The van der Waals surface area contributed by atoms with Crippen LogP contribution in [0.15, 0.2) is 36.4 Å². The first-order valence-electron chi connectivity index (χ1n) is 12.0. The van der Waals surface area contributed by atoms with E-state index in [1.165, 1.54) is 57.8 Å². The number of unbranched alkanes of at least 4 members (excludes halogenated alkanes) is 11. The number of allylic oxidation sites excluding steroid dienone is 2. The van der Waals surface area contributed by atoms with Gasteiger partial charge in [-0.25, -0.2) is 4.79 Å². The molecule has 0 saturated carbocycles. The van der Waals surface area contributed by atoms with E-state index in [-0.39, 0.29) is 17.5 Å². The molecule has 1 aliphatic rings. The molecule has 0 fully saturated rings. The highest BCUT2D eigenvalue weighted by atomic mass is 16.7. The minimum absolute atomic E-state index is 0.194. The fourth-order valence-electron chi connectivity index (χ4n) is 3.74. The van der Waals surface area contributed by atoms with Gasteiger partial charge in [-0.15, -0.1) is 0 Å². The molecule has 0 spiro atoms. The summed E-state index contributed by atoms with van der Waals surface area (Å²) in [6.45, 7) is 2.25. The molecule has 0 atom stereocenters. The van der Waals surface area contributed by atoms with Gasteiger partial charge in [0.25, 0.3) is 11.8 Å². The number of hydrogen-bond acceptors (Lipinski definition) is 4. The average Bonchev–Trinajstić information content (AvgIpc) is 3.01. The van der Waals surface area contributed by atoms with Crippen molar-refractivity contribution in [3.63, 3.8) is 0 Å². The van der Waals surface area contributed by atoms with E-state index in [1.54, 1.807) is 24.3 Å². The molecule has 0 radical (unpaired) electrons. The van der Waals surface area contributed by atoms with E-state index < -0.39 is 17.8 Å². The molecule has 31 heavy (non-hydrogen) atoms. The summed E-state index contributed by atoms with van der Waals surface area (Å²) in [7, 11) is 0. The van der Waals surface area contributed by atoms with E-state index in [9.17, 15) is 14.4 Å². The normalized spacial score (nSPS) is 13.3. The Bertz CT molecular complexity index is 706. The monoisotopic (exact) mass is 427 g/mol. The first-order valence-corrected chi connectivity index (χ1v) is 12.0. The molecule has 1 aliphatic heterocycles. The number of nitrogens with zero attached hydrogens (tertiary/aromatic N) is 1. The number of imide groups is 1. The van der Waals surface area contributed by atoms with Crippen LogP contribution in [0, 0.1) is 0 Å². The highest BCUT2D eigenvalue weighted by Gasteiger charge is 2.38. The fourth-order valence-corrected chi connectivity index (χ4v) is 3.74. The standard InChI is InChI=1S/C26H37NO4/c1-2-3-4-5-6-7-8-9-10-11-12-13-14-15-16-21-24(28)31-27-25(29)22-19-17-18-20-23(22)26(27)30/h12-13,17-20H,2-11,14-16,21H2,1H3/b13-12+. The van der Waals surface area contributed by atoms with E-state index in [0.717, 1.165) is 19.3 Å². The Labute approximate surface area is 186 Å². The zero-order valence-corrected chi connectivity index (χ0v) is 18.9. The van der Waals surface area contributed by atoms with Gasteiger partial charge >= 0.3 is 5.97 Å². The van der Waals surface area contributed by atoms with Gasteiger partial charge in [-0.05, 0) is 44.2 Å². The van der Waals surface area contributed by atoms with Crippen LogP contribution in [0.3, 0.4) is 0 Å². The van der Waals surface area contributed by atoms with Crippen molar-refractivity contribution in [1.82, 2.24) is 5.06 Å². The summed E-state index contributed by atoms with van der Waals surface area (Å²) in [6, 6.07) is 6.48. The molecule has 0 aliphatic carbocycles. The SMILES string of the molecule is CCCCCCCCCCC/C=C/CCCCC(=O)ON1C(=O)c2ccccc2C1=O. The van der Waals surface area contributed by atoms with Crippen LogP contribution >= 0.6 is 0 Å². The van der Waals surface area contributed by atoms with Gasteiger partial charge in [0.15, 0.2) is 0 Å². The van der Waals surface area contributed by atoms with Gasteiger partial charge in [0.1, 0.15) is 0 Å². The molecule has 1 heterocycles. The summed E-state index contributed by atoms with van der Waals surface area (Å²) >= 11 is 0. The lowest BCUT2D eigenvalue weighted by Gasteiger charge is -2.12. The second-order valence-electron chi connectivity index (χ2n) is 8.25. The van der Waals surface area contributed by atoms with Crippen molar-refractivity contribution in [3.8, 4) is 0 Å². The van der Waals surface area contributed by atoms with Crippen molar-refractivity contribution >= 4 is 17.8 Å². The van der Waals surface area contributed by atoms with E-state index in [0.29, 0.717) is 11.5 Å². The molecular formula is C26H37NO4. The van der Waals surface area contributed by atoms with Crippen LogP contribution in [-0.4, -0.2) is 22.8 Å². The Morgan fingerprint density at radius 2 is 1.26 bits per heavy atom. The first-order chi connectivity index (χ1) is 15.1. The molecule has 0 N–H and O–H groups in total. The largest absolute Gasteiger partial charge is 0.333 e. The minimum Gasteiger partial charge on any atom is -0.330 e. The van der Waals surface area contributed by atoms with Gasteiger partial charge in [0.05, 0.1) is 11.1 Å². The van der Waals surface area contributed by atoms with Crippen LogP contribution in [0.5, 0.6) is 0 Å². The zero-order valence-electron chi connectivity index (χ0n) is 18.9. The molecule has 170 valence electrons. The van der Waals surface area contributed by atoms with Gasteiger partial charge < -0.3 is 4.84 Å². The zero-order chi connectivity index (χ0) is 22.3. The molecule has 2 amide bonds. The summed E-state index contributed by atoms with van der Waals surface area (Å²) < 4.78 is 0. The summed E-state index contributed by atoms with van der Waals surface area (Å²) in [6.07, 6.45) is 20.3. The molecule has 0 saturated heterocycles. The number of fused-ring (bicyclic) bond motifs is 1. The van der Waals surface area contributed by atoms with Gasteiger partial charge in [-0.3, -0.25) is 9.59 Å². The third kappa shape index (κ3) is 8.68. The first kappa shape index (κ1) is 24.8. The molecule has 5 heteroatoms. The summed E-state index contributed by atoms with van der Waals surface area (Å²) in [5, 5.41) is 0.581. The maximum Gasteiger partial charge on any atom is 0.333 e. The van der Waals surface area contributed by atoms with E-state index in [2.05, 4.69) is 19.1 Å². The quantitative estimate of drug-likeness (QED) is 0.166. The molecule has 1 aromatic rings. The highest BCUT2D eigenvalue weighted by molar-refractivity contribution is 6.20. The molecule has 0 bridgehead atoms. The summed E-state index contributed by atoms with van der Waals surface area (Å²) in [4.78, 5) is 41.4. The van der Waals surface area contributed by atoms with Gasteiger partial charge in [-0.2, -0.15) is 0 Å². The van der Waals surface area contributed by atoms with Crippen molar-refractivity contribution in [2.75, 3.05) is 0 Å². The topological polar surface area (TPSA) is 63.7 Å². The predicted molar refractivity (Wildman–Crippen MR) is 122 cm³/mol. The van der Waals surface area contributed by atoms with Gasteiger partial charge in [0, 0.05) is 6.42 Å². The van der Waals surface area contributed by atoms with Crippen LogP contribution in [-0.2, 0) is 9.63 Å². The van der Waals surface area contributed by atoms with Crippen molar-refractivity contribution in [1.29, 1.82) is 0 Å². The average molecular weight is 428 g/mol. The van der Waals surface area contributed by atoms with Crippen LogP contribution in [0.2, 0.25) is 0 Å². The van der Waals surface area contributed by atoms with Crippen molar-refractivity contribution in [3.05, 3.63) is 47.5 Å². The Balaban J connectivity index is 1.46. The number of amides is 2. The van der Waals surface area contributed by atoms with Crippen LogP contribution < -0.4 is 0 Å². The summed E-state index contributed by atoms with van der Waals surface area (Å²) in [5.74, 6) is -1.70. The summed E-state index contributed by atoms with van der Waals surface area (Å²) in [5.41, 5.74) is 0.551. The fraction of sp³-hybridized carbons (Fsp3) is 0.577. The third-order valence-corrected chi connectivity index (χ3v) is 5.59. The molecule has 2 rings (SSSR count). The Morgan fingerprint density at radius 1 is 0.774 bits per heavy atom. The van der Waals surface area contributed by atoms with E-state index in [4.69, 9.17) is 4.84 Å². The highest BCUT2D eigenvalue weighted by Crippen LogP contribution is 2.23. The molecule has 1 aromatic carbocycles. The van der Waals surface area contributed by atoms with Gasteiger partial charge in [0.2, 0.25) is 0 Å². The van der Waals surface area contributed by atoms with Crippen molar-refractivity contribution in [2.24, 2.45) is 0 Å². The lowest BCUT2D eigenvalue weighted by molar-refractivity contribution is -0.168. The van der Waals surface area contributed by atoms with Crippen molar-refractivity contribution in [2.45, 2.75) is 96.8 Å².